The maximum atomic E-state index is 13.2. The van der Waals surface area contributed by atoms with Gasteiger partial charge in [0.05, 0.1) is 36.6 Å². The van der Waals surface area contributed by atoms with Crippen LogP contribution in [0, 0.1) is 0 Å². The Balaban J connectivity index is 1.43. The number of rotatable bonds is 6. The number of carbonyl (C=O) groups excluding carboxylic acids is 4. The third kappa shape index (κ3) is 8.12. The zero-order valence-electron chi connectivity index (χ0n) is 24.8. The number of nitrogens with zero attached hydrogens (tertiary/aromatic N) is 5. The molecule has 0 aliphatic carbocycles. The quantitative estimate of drug-likeness (QED) is 0.174. The van der Waals surface area contributed by atoms with Gasteiger partial charge in [-0.15, -0.1) is 5.10 Å². The van der Waals surface area contributed by atoms with Crippen molar-refractivity contribution in [2.45, 2.75) is 44.8 Å². The van der Waals surface area contributed by atoms with Crippen LogP contribution in [0.25, 0.3) is 23.0 Å². The van der Waals surface area contributed by atoms with Crippen molar-refractivity contribution in [3.05, 3.63) is 71.4 Å². The van der Waals surface area contributed by atoms with Crippen LogP contribution in [0.4, 0.5) is 16.2 Å². The smallest absolute Gasteiger partial charge is 0.411 e. The second kappa shape index (κ2) is 14.5. The Morgan fingerprint density at radius 3 is 2.76 bits per heavy atom. The maximum absolute atomic E-state index is 13.2. The van der Waals surface area contributed by atoms with Gasteiger partial charge in [0.25, 0.3) is 0 Å². The third-order valence-corrected chi connectivity index (χ3v) is 7.25. The van der Waals surface area contributed by atoms with Crippen LogP contribution in [0.15, 0.2) is 55.0 Å². The third-order valence-electron chi connectivity index (χ3n) is 7.01. The van der Waals surface area contributed by atoms with Crippen molar-refractivity contribution in [2.24, 2.45) is 0 Å². The monoisotopic (exact) mass is 647 g/mol. The highest BCUT2D eigenvalue weighted by atomic mass is 35.5. The Labute approximate surface area is 267 Å². The molecule has 0 saturated heterocycles. The SMILES string of the molecule is COC(=O)Nc1ccc2c(c1)NC(=O)CC(OC(C)=O)CCC[C@H](NC(=O)/C=C/c1cc(Cl)ccc1-n1cnnn1)c1nc-2c[nH]1. The number of fused-ring (bicyclic) bond motifs is 4. The van der Waals surface area contributed by atoms with Gasteiger partial charge in [-0.3, -0.25) is 19.7 Å². The fourth-order valence-corrected chi connectivity index (χ4v) is 5.15. The maximum Gasteiger partial charge on any atom is 0.411 e. The summed E-state index contributed by atoms with van der Waals surface area (Å²) >= 11 is 6.21. The number of imidazole rings is 1. The number of anilines is 2. The van der Waals surface area contributed by atoms with Crippen molar-refractivity contribution in [3.63, 3.8) is 0 Å². The molecule has 1 unspecified atom stereocenters. The molecule has 0 spiro atoms. The van der Waals surface area contributed by atoms with Crippen molar-refractivity contribution in [1.82, 2.24) is 35.5 Å². The summed E-state index contributed by atoms with van der Waals surface area (Å²) in [6.45, 7) is 1.28. The number of H-pyrrole nitrogens is 1. The number of benzene rings is 2. The summed E-state index contributed by atoms with van der Waals surface area (Å²) in [7, 11) is 1.24. The largest absolute Gasteiger partial charge is 0.462 e. The van der Waals surface area contributed by atoms with Crippen LogP contribution in [-0.2, 0) is 23.9 Å². The first-order valence-corrected chi connectivity index (χ1v) is 14.6. The van der Waals surface area contributed by atoms with E-state index in [1.54, 1.807) is 48.7 Å². The first-order valence-electron chi connectivity index (χ1n) is 14.2. The van der Waals surface area contributed by atoms with Crippen molar-refractivity contribution >= 4 is 52.9 Å². The number of halogens is 1. The molecule has 238 valence electrons. The lowest BCUT2D eigenvalue weighted by Gasteiger charge is -2.19. The predicted molar refractivity (Wildman–Crippen MR) is 167 cm³/mol. The molecule has 1 aliphatic rings. The lowest BCUT2D eigenvalue weighted by molar-refractivity contribution is -0.147. The number of amides is 3. The summed E-state index contributed by atoms with van der Waals surface area (Å²) < 4.78 is 11.6. The summed E-state index contributed by atoms with van der Waals surface area (Å²) in [5, 5.41) is 20.1. The summed E-state index contributed by atoms with van der Waals surface area (Å²) in [4.78, 5) is 57.8. The van der Waals surface area contributed by atoms with E-state index in [1.807, 2.05) is 0 Å². The summed E-state index contributed by atoms with van der Waals surface area (Å²) in [6.07, 6.45) is 5.88. The number of carbonyl (C=O) groups is 4. The van der Waals surface area contributed by atoms with E-state index in [2.05, 4.69) is 41.2 Å². The Morgan fingerprint density at radius 2 is 2.00 bits per heavy atom. The first-order chi connectivity index (χ1) is 22.2. The molecular formula is C30H30ClN9O6. The zero-order valence-corrected chi connectivity index (χ0v) is 25.6. The van der Waals surface area contributed by atoms with Gasteiger partial charge in [0.1, 0.15) is 18.3 Å². The van der Waals surface area contributed by atoms with E-state index in [-0.39, 0.29) is 6.42 Å². The van der Waals surface area contributed by atoms with Crippen LogP contribution in [-0.4, -0.2) is 67.3 Å². The molecule has 2 aromatic heterocycles. The van der Waals surface area contributed by atoms with E-state index in [1.165, 1.54) is 31.1 Å². The molecule has 0 saturated carbocycles. The number of aromatic amines is 1. The van der Waals surface area contributed by atoms with Gasteiger partial charge >= 0.3 is 12.1 Å². The number of methoxy groups -OCH3 is 1. The number of ether oxygens (including phenoxy) is 2. The minimum absolute atomic E-state index is 0.0955. The second-order valence-electron chi connectivity index (χ2n) is 10.3. The molecule has 0 fully saturated rings. The Kier molecular flexibility index (Phi) is 10.0. The highest BCUT2D eigenvalue weighted by molar-refractivity contribution is 6.30. The number of hydrogen-bond donors (Lipinski definition) is 4. The average molecular weight is 648 g/mol. The summed E-state index contributed by atoms with van der Waals surface area (Å²) in [5.74, 6) is -0.831. The molecule has 0 radical (unpaired) electrons. The molecule has 1 aliphatic heterocycles. The van der Waals surface area contributed by atoms with E-state index in [0.717, 1.165) is 0 Å². The van der Waals surface area contributed by atoms with Crippen LogP contribution < -0.4 is 16.0 Å². The van der Waals surface area contributed by atoms with E-state index in [4.69, 9.17) is 21.3 Å². The standard InChI is InChI=1S/C30H30ClN9O6/c1-17(41)46-21-4-3-5-23(35-27(42)11-6-18-12-19(31)7-10-26(18)40-16-33-38-39-40)29-32-15-25(37-29)22-9-8-20(34-30(44)45-2)13-24(22)36-28(43)14-21/h6-13,15-16,21,23H,3-5,14H2,1-2H3,(H,32,37)(H,34,44)(H,35,42)(H,36,43)/b11-6+/t21?,23-/m0/s1. The van der Waals surface area contributed by atoms with Gasteiger partial charge in [0, 0.05) is 41.0 Å². The molecule has 2 bridgehead atoms. The van der Waals surface area contributed by atoms with Crippen molar-refractivity contribution in [1.29, 1.82) is 0 Å². The minimum atomic E-state index is -0.701. The van der Waals surface area contributed by atoms with Gasteiger partial charge in [-0.05, 0) is 72.2 Å². The summed E-state index contributed by atoms with van der Waals surface area (Å²) in [5.41, 5.74) is 3.02. The first kappa shape index (κ1) is 31.8. The van der Waals surface area contributed by atoms with Crippen LogP contribution in [0.3, 0.4) is 0 Å². The topological polar surface area (TPSA) is 195 Å². The number of aromatic nitrogens is 6. The van der Waals surface area contributed by atoms with E-state index in [0.29, 0.717) is 64.0 Å². The van der Waals surface area contributed by atoms with Gasteiger partial charge in [-0.25, -0.2) is 9.78 Å². The molecule has 4 N–H and O–H groups in total. The number of esters is 1. The predicted octanol–water partition coefficient (Wildman–Crippen LogP) is 4.20. The van der Waals surface area contributed by atoms with Gasteiger partial charge in [-0.2, -0.15) is 4.68 Å². The fourth-order valence-electron chi connectivity index (χ4n) is 4.97. The normalized spacial score (nSPS) is 16.6. The number of nitrogens with one attached hydrogen (secondary N) is 4. The molecule has 16 heteroatoms. The van der Waals surface area contributed by atoms with E-state index >= 15 is 0 Å². The highest BCUT2D eigenvalue weighted by Gasteiger charge is 2.24. The van der Waals surface area contributed by atoms with Gasteiger partial charge in [0.15, 0.2) is 0 Å². The van der Waals surface area contributed by atoms with Crippen LogP contribution in [0.1, 0.15) is 50.0 Å². The van der Waals surface area contributed by atoms with Crippen LogP contribution >= 0.6 is 11.6 Å². The van der Waals surface area contributed by atoms with Gasteiger partial charge in [0.2, 0.25) is 11.8 Å². The Morgan fingerprint density at radius 1 is 1.15 bits per heavy atom. The van der Waals surface area contributed by atoms with Crippen molar-refractivity contribution in [2.75, 3.05) is 17.7 Å². The van der Waals surface area contributed by atoms with E-state index < -0.39 is 36.0 Å². The van der Waals surface area contributed by atoms with Gasteiger partial charge < -0.3 is 25.1 Å². The van der Waals surface area contributed by atoms with Crippen molar-refractivity contribution < 1.29 is 28.7 Å². The highest BCUT2D eigenvalue weighted by Crippen LogP contribution is 2.32. The molecule has 15 nitrogen and oxygen atoms in total. The molecule has 2 atom stereocenters. The molecule has 46 heavy (non-hydrogen) atoms. The Bertz CT molecular complexity index is 1770. The van der Waals surface area contributed by atoms with Crippen molar-refractivity contribution in [3.8, 4) is 16.9 Å². The van der Waals surface area contributed by atoms with E-state index in [9.17, 15) is 19.2 Å². The molecular weight excluding hydrogens is 618 g/mol. The lowest BCUT2D eigenvalue weighted by atomic mass is 10.0. The molecule has 5 rings (SSSR count). The lowest BCUT2D eigenvalue weighted by Crippen LogP contribution is -2.28. The van der Waals surface area contributed by atoms with Gasteiger partial charge in [-0.1, -0.05) is 11.6 Å². The zero-order chi connectivity index (χ0) is 32.6. The molecule has 3 heterocycles. The fraction of sp³-hybridized carbons (Fsp3) is 0.267. The molecule has 2 aromatic carbocycles. The molecule has 4 aromatic rings. The van der Waals surface area contributed by atoms with Crippen LogP contribution in [0.5, 0.6) is 0 Å². The number of tetrazole rings is 1. The minimum Gasteiger partial charge on any atom is -0.462 e. The molecule has 3 amide bonds. The Hall–Kier alpha value is -5.57. The number of hydrogen-bond acceptors (Lipinski definition) is 10. The van der Waals surface area contributed by atoms with Crippen LogP contribution in [0.2, 0.25) is 5.02 Å². The summed E-state index contributed by atoms with van der Waals surface area (Å²) in [6, 6.07) is 9.46. The average Bonchev–Trinajstić information content (AvgIpc) is 3.72. The second-order valence-corrected chi connectivity index (χ2v) is 10.8.